The second-order valence-corrected chi connectivity index (χ2v) is 5.99. The van der Waals surface area contributed by atoms with Gasteiger partial charge in [0.25, 0.3) is 0 Å². The van der Waals surface area contributed by atoms with E-state index in [0.29, 0.717) is 6.04 Å². The second kappa shape index (κ2) is 6.91. The summed E-state index contributed by atoms with van der Waals surface area (Å²) < 4.78 is 6.53. The van der Waals surface area contributed by atoms with Crippen LogP contribution in [0.2, 0.25) is 0 Å². The van der Waals surface area contributed by atoms with Gasteiger partial charge in [-0.1, -0.05) is 48.0 Å². The summed E-state index contributed by atoms with van der Waals surface area (Å²) in [5, 5.41) is 3.44. The molecular weight excluding hydrogens is 314 g/mol. The SMILES string of the molecule is COc1ccc(-c2cccc(Br)c2)cc1CNC(C)C. The van der Waals surface area contributed by atoms with Gasteiger partial charge in [-0.15, -0.1) is 0 Å². The van der Waals surface area contributed by atoms with Crippen LogP contribution in [0.5, 0.6) is 5.75 Å². The van der Waals surface area contributed by atoms with Crippen LogP contribution in [0.25, 0.3) is 11.1 Å². The van der Waals surface area contributed by atoms with Gasteiger partial charge in [0.1, 0.15) is 5.75 Å². The van der Waals surface area contributed by atoms with Crippen LogP contribution in [0.1, 0.15) is 19.4 Å². The number of hydrogen-bond donors (Lipinski definition) is 1. The first-order valence-corrected chi connectivity index (χ1v) is 7.55. The van der Waals surface area contributed by atoms with Gasteiger partial charge < -0.3 is 10.1 Å². The lowest BCUT2D eigenvalue weighted by Crippen LogP contribution is -2.22. The third kappa shape index (κ3) is 3.84. The number of nitrogens with one attached hydrogen (secondary N) is 1. The summed E-state index contributed by atoms with van der Waals surface area (Å²) >= 11 is 3.52. The molecule has 0 radical (unpaired) electrons. The average molecular weight is 334 g/mol. The Morgan fingerprint density at radius 1 is 1.10 bits per heavy atom. The maximum absolute atomic E-state index is 5.44. The summed E-state index contributed by atoms with van der Waals surface area (Å²) in [5.74, 6) is 0.928. The molecule has 3 heteroatoms. The van der Waals surface area contributed by atoms with E-state index in [2.05, 4.69) is 65.4 Å². The number of benzene rings is 2. The minimum absolute atomic E-state index is 0.453. The Bertz CT molecular complexity index is 581. The zero-order valence-electron chi connectivity index (χ0n) is 12.1. The van der Waals surface area contributed by atoms with Gasteiger partial charge in [-0.2, -0.15) is 0 Å². The lowest BCUT2D eigenvalue weighted by atomic mass is 10.0. The molecule has 0 fully saturated rings. The van der Waals surface area contributed by atoms with E-state index in [0.717, 1.165) is 16.8 Å². The molecule has 1 N–H and O–H groups in total. The number of hydrogen-bond acceptors (Lipinski definition) is 2. The molecule has 106 valence electrons. The molecule has 2 rings (SSSR count). The van der Waals surface area contributed by atoms with Gasteiger partial charge in [-0.05, 0) is 35.4 Å². The van der Waals surface area contributed by atoms with Crippen molar-refractivity contribution in [2.45, 2.75) is 26.4 Å². The summed E-state index contributed by atoms with van der Waals surface area (Å²) in [6.45, 7) is 5.10. The van der Waals surface area contributed by atoms with Gasteiger partial charge in [-0.25, -0.2) is 0 Å². The molecule has 20 heavy (non-hydrogen) atoms. The lowest BCUT2D eigenvalue weighted by molar-refractivity contribution is 0.406. The highest BCUT2D eigenvalue weighted by molar-refractivity contribution is 9.10. The zero-order chi connectivity index (χ0) is 14.5. The Hall–Kier alpha value is -1.32. The minimum atomic E-state index is 0.453. The van der Waals surface area contributed by atoms with Crippen LogP contribution in [0, 0.1) is 0 Å². The normalized spacial score (nSPS) is 10.8. The summed E-state index contributed by atoms with van der Waals surface area (Å²) in [5.41, 5.74) is 3.58. The van der Waals surface area contributed by atoms with Gasteiger partial charge >= 0.3 is 0 Å². The Kier molecular flexibility index (Phi) is 5.21. The predicted octanol–water partition coefficient (Wildman–Crippen LogP) is 4.62. The Balaban J connectivity index is 2.33. The Labute approximate surface area is 129 Å². The van der Waals surface area contributed by atoms with E-state index in [-0.39, 0.29) is 0 Å². The second-order valence-electron chi connectivity index (χ2n) is 5.07. The highest BCUT2D eigenvalue weighted by Gasteiger charge is 2.07. The van der Waals surface area contributed by atoms with E-state index < -0.39 is 0 Å². The van der Waals surface area contributed by atoms with Gasteiger partial charge in [0.05, 0.1) is 7.11 Å². The molecule has 0 aliphatic rings. The van der Waals surface area contributed by atoms with Crippen molar-refractivity contribution in [2.24, 2.45) is 0 Å². The third-order valence-electron chi connectivity index (χ3n) is 3.14. The van der Waals surface area contributed by atoms with Crippen LogP contribution in [0.4, 0.5) is 0 Å². The number of halogens is 1. The van der Waals surface area contributed by atoms with Crippen LogP contribution in [-0.2, 0) is 6.54 Å². The molecule has 0 saturated heterocycles. The highest BCUT2D eigenvalue weighted by Crippen LogP contribution is 2.28. The van der Waals surface area contributed by atoms with Crippen molar-refractivity contribution in [3.05, 3.63) is 52.5 Å². The van der Waals surface area contributed by atoms with Crippen molar-refractivity contribution in [1.29, 1.82) is 0 Å². The van der Waals surface area contributed by atoms with E-state index in [1.165, 1.54) is 16.7 Å². The molecule has 2 nitrogen and oxygen atoms in total. The van der Waals surface area contributed by atoms with E-state index in [4.69, 9.17) is 4.74 Å². The molecule has 0 unspecified atom stereocenters. The molecule has 2 aromatic rings. The largest absolute Gasteiger partial charge is 0.496 e. The summed E-state index contributed by atoms with van der Waals surface area (Å²) in [6, 6.07) is 15.1. The van der Waals surface area contributed by atoms with Gasteiger partial charge in [0.2, 0.25) is 0 Å². The van der Waals surface area contributed by atoms with Crippen molar-refractivity contribution >= 4 is 15.9 Å². The molecular formula is C17H20BrNO. The number of methoxy groups -OCH3 is 1. The summed E-state index contributed by atoms with van der Waals surface area (Å²) in [4.78, 5) is 0. The van der Waals surface area contributed by atoms with E-state index >= 15 is 0 Å². The van der Waals surface area contributed by atoms with Crippen LogP contribution in [0.3, 0.4) is 0 Å². The standard InChI is InChI=1S/C17H20BrNO/c1-12(2)19-11-15-9-14(7-8-17(15)20-3)13-5-4-6-16(18)10-13/h4-10,12,19H,11H2,1-3H3. The topological polar surface area (TPSA) is 21.3 Å². The van der Waals surface area contributed by atoms with Gasteiger partial charge in [0.15, 0.2) is 0 Å². The van der Waals surface area contributed by atoms with E-state index in [9.17, 15) is 0 Å². The molecule has 0 amide bonds. The fourth-order valence-electron chi connectivity index (χ4n) is 2.08. The Morgan fingerprint density at radius 3 is 2.50 bits per heavy atom. The highest BCUT2D eigenvalue weighted by atomic mass is 79.9. The lowest BCUT2D eigenvalue weighted by Gasteiger charge is -2.13. The maximum Gasteiger partial charge on any atom is 0.123 e. The maximum atomic E-state index is 5.44. The molecule has 0 bridgehead atoms. The molecule has 0 aliphatic heterocycles. The molecule has 2 aromatic carbocycles. The smallest absolute Gasteiger partial charge is 0.123 e. The first kappa shape index (κ1) is 15.1. The van der Waals surface area contributed by atoms with Crippen LogP contribution in [-0.4, -0.2) is 13.2 Å². The average Bonchev–Trinajstić information content (AvgIpc) is 2.44. The van der Waals surface area contributed by atoms with E-state index in [1.54, 1.807) is 7.11 Å². The molecule has 0 aliphatic carbocycles. The molecule has 0 heterocycles. The van der Waals surface area contributed by atoms with Crippen molar-refractivity contribution in [3.63, 3.8) is 0 Å². The molecule has 0 saturated carbocycles. The van der Waals surface area contributed by atoms with Gasteiger partial charge in [-0.3, -0.25) is 0 Å². The van der Waals surface area contributed by atoms with Crippen molar-refractivity contribution < 1.29 is 4.74 Å². The fourth-order valence-corrected chi connectivity index (χ4v) is 2.48. The third-order valence-corrected chi connectivity index (χ3v) is 3.63. The van der Waals surface area contributed by atoms with E-state index in [1.807, 2.05) is 12.1 Å². The zero-order valence-corrected chi connectivity index (χ0v) is 13.7. The van der Waals surface area contributed by atoms with Crippen LogP contribution < -0.4 is 10.1 Å². The number of ether oxygens (including phenoxy) is 1. The molecule has 0 aromatic heterocycles. The van der Waals surface area contributed by atoms with Crippen LogP contribution in [0.15, 0.2) is 46.9 Å². The monoisotopic (exact) mass is 333 g/mol. The van der Waals surface area contributed by atoms with Crippen molar-refractivity contribution in [2.75, 3.05) is 7.11 Å². The molecule has 0 atom stereocenters. The summed E-state index contributed by atoms with van der Waals surface area (Å²) in [7, 11) is 1.72. The minimum Gasteiger partial charge on any atom is -0.496 e. The fraction of sp³-hybridized carbons (Fsp3) is 0.294. The van der Waals surface area contributed by atoms with Crippen molar-refractivity contribution in [3.8, 4) is 16.9 Å². The number of rotatable bonds is 5. The molecule has 0 spiro atoms. The van der Waals surface area contributed by atoms with Gasteiger partial charge in [0, 0.05) is 22.6 Å². The predicted molar refractivity (Wildman–Crippen MR) is 88.1 cm³/mol. The Morgan fingerprint density at radius 2 is 1.85 bits per heavy atom. The van der Waals surface area contributed by atoms with Crippen molar-refractivity contribution in [1.82, 2.24) is 5.32 Å². The first-order chi connectivity index (χ1) is 9.60. The van der Waals surface area contributed by atoms with Crippen LogP contribution >= 0.6 is 15.9 Å². The summed E-state index contributed by atoms with van der Waals surface area (Å²) in [6.07, 6.45) is 0. The first-order valence-electron chi connectivity index (χ1n) is 6.76. The quantitative estimate of drug-likeness (QED) is 0.861.